The Morgan fingerprint density at radius 2 is 1.83 bits per heavy atom. The van der Waals surface area contributed by atoms with Crippen LogP contribution in [0.5, 0.6) is 0 Å². The summed E-state index contributed by atoms with van der Waals surface area (Å²) < 4.78 is 39.6. The lowest BCUT2D eigenvalue weighted by Gasteiger charge is -2.17. The zero-order chi connectivity index (χ0) is 13.5. The maximum Gasteiger partial charge on any atom is 0.244 e. The first-order valence-corrected chi connectivity index (χ1v) is 8.01. The Bertz CT molecular complexity index is 551. The molecule has 1 aromatic rings. The summed E-state index contributed by atoms with van der Waals surface area (Å²) in [6, 6.07) is 3.65. The van der Waals surface area contributed by atoms with Crippen molar-refractivity contribution in [2.24, 2.45) is 11.8 Å². The molecule has 6 heteroatoms. The van der Waals surface area contributed by atoms with Gasteiger partial charge in [0.25, 0.3) is 0 Å². The van der Waals surface area contributed by atoms with Gasteiger partial charge >= 0.3 is 0 Å². The van der Waals surface area contributed by atoms with Gasteiger partial charge in [0.2, 0.25) is 10.0 Å². The molecule has 18 heavy (non-hydrogen) atoms. The van der Waals surface area contributed by atoms with Gasteiger partial charge in [-0.1, -0.05) is 13.8 Å². The van der Waals surface area contributed by atoms with E-state index >= 15 is 0 Å². The van der Waals surface area contributed by atoms with Crippen LogP contribution in [-0.2, 0) is 10.0 Å². The van der Waals surface area contributed by atoms with Crippen LogP contribution in [-0.4, -0.2) is 25.8 Å². The van der Waals surface area contributed by atoms with Crippen LogP contribution >= 0.6 is 15.9 Å². The smallest absolute Gasteiger partial charge is 0.207 e. The fourth-order valence-electron chi connectivity index (χ4n) is 2.10. The van der Waals surface area contributed by atoms with E-state index in [9.17, 15) is 12.8 Å². The zero-order valence-corrected chi connectivity index (χ0v) is 12.6. The summed E-state index contributed by atoms with van der Waals surface area (Å²) in [7, 11) is -3.53. The first-order valence-electron chi connectivity index (χ1n) is 5.77. The van der Waals surface area contributed by atoms with Gasteiger partial charge in [-0.15, -0.1) is 0 Å². The van der Waals surface area contributed by atoms with Crippen molar-refractivity contribution in [1.82, 2.24) is 4.31 Å². The van der Waals surface area contributed by atoms with Gasteiger partial charge in [-0.25, -0.2) is 12.8 Å². The van der Waals surface area contributed by atoms with E-state index in [4.69, 9.17) is 0 Å². The van der Waals surface area contributed by atoms with Gasteiger partial charge in [0.05, 0.1) is 4.90 Å². The molecule has 100 valence electrons. The minimum atomic E-state index is -3.53. The van der Waals surface area contributed by atoms with Crippen LogP contribution in [0.2, 0.25) is 0 Å². The maximum atomic E-state index is 13.0. The Kier molecular flexibility index (Phi) is 3.80. The van der Waals surface area contributed by atoms with E-state index in [1.807, 2.05) is 13.8 Å². The SMILES string of the molecule is CC1CN(S(=O)(=O)c2ccc(F)cc2Br)CC1C. The standard InChI is InChI=1S/C12H15BrFNO2S/c1-8-6-15(7-9(8)2)18(16,17)12-4-3-10(14)5-11(12)13/h3-5,8-9H,6-7H2,1-2H3. The number of nitrogens with zero attached hydrogens (tertiary/aromatic N) is 1. The highest BCUT2D eigenvalue weighted by atomic mass is 79.9. The highest BCUT2D eigenvalue weighted by Crippen LogP contribution is 2.31. The molecule has 0 bridgehead atoms. The molecule has 0 N–H and O–H groups in total. The molecule has 2 rings (SSSR count). The van der Waals surface area contributed by atoms with Crippen LogP contribution in [0.15, 0.2) is 27.6 Å². The number of sulfonamides is 1. The number of rotatable bonds is 2. The highest BCUT2D eigenvalue weighted by molar-refractivity contribution is 9.10. The van der Waals surface area contributed by atoms with Crippen LogP contribution in [0.3, 0.4) is 0 Å². The van der Waals surface area contributed by atoms with Crippen LogP contribution in [0.25, 0.3) is 0 Å². The molecule has 0 radical (unpaired) electrons. The summed E-state index contributed by atoms with van der Waals surface area (Å²) in [5, 5.41) is 0. The summed E-state index contributed by atoms with van der Waals surface area (Å²) in [5.74, 6) is 0.238. The van der Waals surface area contributed by atoms with Crippen molar-refractivity contribution in [3.8, 4) is 0 Å². The predicted molar refractivity (Wildman–Crippen MR) is 71.2 cm³/mol. The average molecular weight is 336 g/mol. The van der Waals surface area contributed by atoms with E-state index in [1.165, 1.54) is 22.5 Å². The van der Waals surface area contributed by atoms with Crippen molar-refractivity contribution in [2.45, 2.75) is 18.7 Å². The summed E-state index contributed by atoms with van der Waals surface area (Å²) in [4.78, 5) is 0.130. The second-order valence-electron chi connectivity index (χ2n) is 4.85. The van der Waals surface area contributed by atoms with Gasteiger partial charge in [0.1, 0.15) is 5.82 Å². The molecule has 1 fully saturated rings. The van der Waals surface area contributed by atoms with E-state index in [0.717, 1.165) is 0 Å². The van der Waals surface area contributed by atoms with Gasteiger partial charge in [0, 0.05) is 17.6 Å². The third kappa shape index (κ3) is 2.46. The van der Waals surface area contributed by atoms with E-state index in [1.54, 1.807) is 0 Å². The van der Waals surface area contributed by atoms with Crippen molar-refractivity contribution in [3.63, 3.8) is 0 Å². The van der Waals surface area contributed by atoms with Crippen molar-refractivity contribution in [1.29, 1.82) is 0 Å². The minimum Gasteiger partial charge on any atom is -0.207 e. The lowest BCUT2D eigenvalue weighted by atomic mass is 10.0. The molecule has 0 aliphatic carbocycles. The Balaban J connectivity index is 2.37. The topological polar surface area (TPSA) is 37.4 Å². The molecule has 0 saturated carbocycles. The third-order valence-corrected chi connectivity index (χ3v) is 6.27. The van der Waals surface area contributed by atoms with Crippen molar-refractivity contribution < 1.29 is 12.8 Å². The van der Waals surface area contributed by atoms with E-state index in [-0.39, 0.29) is 9.37 Å². The average Bonchev–Trinajstić information content (AvgIpc) is 2.59. The van der Waals surface area contributed by atoms with Gasteiger partial charge in [-0.2, -0.15) is 4.31 Å². The van der Waals surface area contributed by atoms with Crippen LogP contribution in [0, 0.1) is 17.7 Å². The monoisotopic (exact) mass is 335 g/mol. The minimum absolute atomic E-state index is 0.130. The summed E-state index contributed by atoms with van der Waals surface area (Å²) in [5.41, 5.74) is 0. The quantitative estimate of drug-likeness (QED) is 0.833. The number of hydrogen-bond donors (Lipinski definition) is 0. The molecule has 1 saturated heterocycles. The molecule has 2 unspecified atom stereocenters. The Hall–Kier alpha value is -0.460. The Morgan fingerprint density at radius 1 is 1.28 bits per heavy atom. The fourth-order valence-corrected chi connectivity index (χ4v) is 4.75. The van der Waals surface area contributed by atoms with Gasteiger partial charge < -0.3 is 0 Å². The molecule has 0 spiro atoms. The second-order valence-corrected chi connectivity index (χ2v) is 7.61. The predicted octanol–water partition coefficient (Wildman–Crippen LogP) is 2.86. The highest BCUT2D eigenvalue weighted by Gasteiger charge is 2.35. The fraction of sp³-hybridized carbons (Fsp3) is 0.500. The zero-order valence-electron chi connectivity index (χ0n) is 10.2. The number of halogens is 2. The van der Waals surface area contributed by atoms with Crippen LogP contribution < -0.4 is 0 Å². The third-order valence-electron chi connectivity index (χ3n) is 3.47. The van der Waals surface area contributed by atoms with E-state index in [2.05, 4.69) is 15.9 Å². The molecule has 0 amide bonds. The molecule has 1 heterocycles. The maximum absolute atomic E-state index is 13.0. The van der Waals surface area contributed by atoms with Gasteiger partial charge in [-0.05, 0) is 46.0 Å². The molecule has 2 atom stereocenters. The molecular weight excluding hydrogens is 321 g/mol. The molecule has 1 aromatic carbocycles. The van der Waals surface area contributed by atoms with Crippen molar-refractivity contribution in [2.75, 3.05) is 13.1 Å². The molecule has 0 aromatic heterocycles. The second kappa shape index (κ2) is 4.90. The molecule has 3 nitrogen and oxygen atoms in total. The van der Waals surface area contributed by atoms with Crippen molar-refractivity contribution in [3.05, 3.63) is 28.5 Å². The first-order chi connectivity index (χ1) is 8.32. The molecule has 1 aliphatic heterocycles. The first kappa shape index (κ1) is 14.0. The lowest BCUT2D eigenvalue weighted by molar-refractivity contribution is 0.462. The van der Waals surface area contributed by atoms with Crippen molar-refractivity contribution >= 4 is 26.0 Å². The van der Waals surface area contributed by atoms with Crippen LogP contribution in [0.1, 0.15) is 13.8 Å². The largest absolute Gasteiger partial charge is 0.244 e. The van der Waals surface area contributed by atoms with Gasteiger partial charge in [-0.3, -0.25) is 0 Å². The Morgan fingerprint density at radius 3 is 2.33 bits per heavy atom. The normalized spacial score (nSPS) is 25.6. The van der Waals surface area contributed by atoms with Crippen LogP contribution in [0.4, 0.5) is 4.39 Å². The lowest BCUT2D eigenvalue weighted by Crippen LogP contribution is -2.29. The summed E-state index contributed by atoms with van der Waals surface area (Å²) in [6.07, 6.45) is 0. The summed E-state index contributed by atoms with van der Waals surface area (Å²) in [6.45, 7) is 5.13. The number of benzene rings is 1. The molecular formula is C12H15BrFNO2S. The number of hydrogen-bond acceptors (Lipinski definition) is 2. The Labute approximate surface area is 115 Å². The van der Waals surface area contributed by atoms with E-state index in [0.29, 0.717) is 24.9 Å². The van der Waals surface area contributed by atoms with E-state index < -0.39 is 15.8 Å². The van der Waals surface area contributed by atoms with Gasteiger partial charge in [0.15, 0.2) is 0 Å². The molecule has 1 aliphatic rings. The summed E-state index contributed by atoms with van der Waals surface area (Å²) >= 11 is 3.11.